The van der Waals surface area contributed by atoms with Gasteiger partial charge in [0.05, 0.1) is 22.8 Å². The predicted molar refractivity (Wildman–Crippen MR) is 119 cm³/mol. The Morgan fingerprint density at radius 3 is 2.52 bits per heavy atom. The third kappa shape index (κ3) is 2.67. The second-order valence-electron chi connectivity index (χ2n) is 7.75. The summed E-state index contributed by atoms with van der Waals surface area (Å²) in [4.78, 5) is 9.31. The number of rotatable bonds is 2. The standard InChI is InChI=1S/C24H18N6O/c1-14-7-8-20(15(2)9-14)30-23-19(12-26-30)24-27-22(28-29(24)13-25-23)18-10-16-5-3-4-6-17(16)11-21(18)31/h3-13,31H,1-2H3. The molecular formula is C24H18N6O. The monoisotopic (exact) mass is 406 g/mol. The van der Waals surface area contributed by atoms with Gasteiger partial charge in [0.15, 0.2) is 17.1 Å². The third-order valence-corrected chi connectivity index (χ3v) is 5.59. The number of nitrogens with zero attached hydrogens (tertiary/aromatic N) is 6. The molecule has 1 N–H and O–H groups in total. The van der Waals surface area contributed by atoms with Crippen molar-refractivity contribution in [1.82, 2.24) is 29.4 Å². The minimum atomic E-state index is 0.143. The van der Waals surface area contributed by atoms with Crippen LogP contribution in [0.4, 0.5) is 0 Å². The Balaban J connectivity index is 1.55. The van der Waals surface area contributed by atoms with Crippen LogP contribution in [0, 0.1) is 13.8 Å². The van der Waals surface area contributed by atoms with E-state index in [0.29, 0.717) is 22.7 Å². The summed E-state index contributed by atoms with van der Waals surface area (Å²) >= 11 is 0. The van der Waals surface area contributed by atoms with Crippen molar-refractivity contribution in [3.63, 3.8) is 0 Å². The fourth-order valence-corrected chi connectivity index (χ4v) is 4.06. The zero-order chi connectivity index (χ0) is 21.1. The Bertz CT molecular complexity index is 1630. The van der Waals surface area contributed by atoms with Crippen LogP contribution in [0.15, 0.2) is 67.1 Å². The summed E-state index contributed by atoms with van der Waals surface area (Å²) in [6, 6.07) is 17.8. The number of fused-ring (bicyclic) bond motifs is 4. The van der Waals surface area contributed by atoms with Crippen molar-refractivity contribution in [3.05, 3.63) is 78.2 Å². The van der Waals surface area contributed by atoms with Gasteiger partial charge in [-0.3, -0.25) is 0 Å². The molecule has 0 aliphatic carbocycles. The molecule has 3 aromatic heterocycles. The maximum atomic E-state index is 10.6. The Morgan fingerprint density at radius 2 is 1.71 bits per heavy atom. The van der Waals surface area contributed by atoms with Crippen molar-refractivity contribution in [3.8, 4) is 22.8 Å². The molecule has 0 aliphatic heterocycles. The third-order valence-electron chi connectivity index (χ3n) is 5.59. The highest BCUT2D eigenvalue weighted by atomic mass is 16.3. The molecule has 0 aliphatic rings. The lowest BCUT2D eigenvalue weighted by atomic mass is 10.1. The van der Waals surface area contributed by atoms with Crippen molar-refractivity contribution >= 4 is 27.5 Å². The van der Waals surface area contributed by atoms with E-state index in [1.165, 1.54) is 5.56 Å². The zero-order valence-electron chi connectivity index (χ0n) is 17.0. The first-order valence-corrected chi connectivity index (χ1v) is 9.97. The number of benzene rings is 3. The summed E-state index contributed by atoms with van der Waals surface area (Å²) < 4.78 is 3.45. The summed E-state index contributed by atoms with van der Waals surface area (Å²) in [5.41, 5.74) is 5.23. The van der Waals surface area contributed by atoms with E-state index in [4.69, 9.17) is 4.98 Å². The van der Waals surface area contributed by atoms with Gasteiger partial charge < -0.3 is 5.11 Å². The van der Waals surface area contributed by atoms with Crippen LogP contribution in [-0.2, 0) is 0 Å². The van der Waals surface area contributed by atoms with Crippen LogP contribution in [0.2, 0.25) is 0 Å². The second-order valence-corrected chi connectivity index (χ2v) is 7.75. The summed E-state index contributed by atoms with van der Waals surface area (Å²) in [5.74, 6) is 0.585. The van der Waals surface area contributed by atoms with E-state index < -0.39 is 0 Å². The van der Waals surface area contributed by atoms with Gasteiger partial charge >= 0.3 is 0 Å². The van der Waals surface area contributed by atoms with Crippen LogP contribution in [0.1, 0.15) is 11.1 Å². The van der Waals surface area contributed by atoms with Crippen molar-refractivity contribution in [2.75, 3.05) is 0 Å². The van der Waals surface area contributed by atoms with E-state index in [9.17, 15) is 5.11 Å². The molecular weight excluding hydrogens is 388 g/mol. The molecule has 0 amide bonds. The Morgan fingerprint density at radius 1 is 0.903 bits per heavy atom. The number of phenolic OH excluding ortho intramolecular Hbond substituents is 1. The molecule has 150 valence electrons. The van der Waals surface area contributed by atoms with E-state index in [1.54, 1.807) is 23.1 Å². The highest BCUT2D eigenvalue weighted by Crippen LogP contribution is 2.32. The summed E-state index contributed by atoms with van der Waals surface area (Å²) in [5, 5.41) is 22.5. The van der Waals surface area contributed by atoms with E-state index in [2.05, 4.69) is 41.2 Å². The number of aromatic hydroxyl groups is 1. The first-order chi connectivity index (χ1) is 15.1. The van der Waals surface area contributed by atoms with E-state index >= 15 is 0 Å². The molecule has 0 fully saturated rings. The zero-order valence-corrected chi connectivity index (χ0v) is 17.0. The molecule has 7 heteroatoms. The predicted octanol–water partition coefficient (Wildman–Crippen LogP) is 4.61. The summed E-state index contributed by atoms with van der Waals surface area (Å²) in [6.45, 7) is 4.13. The minimum Gasteiger partial charge on any atom is -0.507 e. The average Bonchev–Trinajstić information content (AvgIpc) is 3.37. The van der Waals surface area contributed by atoms with Crippen LogP contribution < -0.4 is 0 Å². The van der Waals surface area contributed by atoms with Gasteiger partial charge in [-0.2, -0.15) is 5.10 Å². The molecule has 6 aromatic rings. The smallest absolute Gasteiger partial charge is 0.185 e. The van der Waals surface area contributed by atoms with Gasteiger partial charge in [0, 0.05) is 0 Å². The number of hydrogen-bond donors (Lipinski definition) is 1. The highest BCUT2D eigenvalue weighted by Gasteiger charge is 2.17. The molecule has 0 radical (unpaired) electrons. The van der Waals surface area contributed by atoms with Crippen LogP contribution in [0.3, 0.4) is 0 Å². The van der Waals surface area contributed by atoms with Gasteiger partial charge in [0.1, 0.15) is 12.1 Å². The van der Waals surface area contributed by atoms with Crippen LogP contribution >= 0.6 is 0 Å². The van der Waals surface area contributed by atoms with Crippen molar-refractivity contribution in [2.24, 2.45) is 0 Å². The molecule has 0 saturated carbocycles. The lowest BCUT2D eigenvalue weighted by molar-refractivity contribution is 0.477. The molecule has 0 unspecified atom stereocenters. The Kier molecular flexibility index (Phi) is 3.61. The van der Waals surface area contributed by atoms with Gasteiger partial charge in [-0.05, 0) is 48.4 Å². The van der Waals surface area contributed by atoms with Crippen LogP contribution in [0.5, 0.6) is 5.75 Å². The lowest BCUT2D eigenvalue weighted by Crippen LogP contribution is -2.01. The Hall–Kier alpha value is -4.26. The maximum Gasteiger partial charge on any atom is 0.185 e. The van der Waals surface area contributed by atoms with E-state index in [0.717, 1.165) is 27.4 Å². The van der Waals surface area contributed by atoms with Gasteiger partial charge in [-0.1, -0.05) is 42.0 Å². The first-order valence-electron chi connectivity index (χ1n) is 9.97. The number of phenols is 1. The SMILES string of the molecule is Cc1ccc(-n2ncc3c2ncn2nc(-c4cc5ccccc5cc4O)nc32)c(C)c1. The summed E-state index contributed by atoms with van der Waals surface area (Å²) in [6.07, 6.45) is 3.39. The molecule has 0 bridgehead atoms. The van der Waals surface area contributed by atoms with Crippen molar-refractivity contribution in [2.45, 2.75) is 13.8 Å². The van der Waals surface area contributed by atoms with E-state index in [1.807, 2.05) is 41.1 Å². The van der Waals surface area contributed by atoms with Crippen LogP contribution in [-0.4, -0.2) is 34.5 Å². The molecule has 3 heterocycles. The molecule has 0 spiro atoms. The number of aryl methyl sites for hydroxylation is 2. The molecule has 0 atom stereocenters. The maximum absolute atomic E-state index is 10.6. The largest absolute Gasteiger partial charge is 0.507 e. The summed E-state index contributed by atoms with van der Waals surface area (Å²) in [7, 11) is 0. The highest BCUT2D eigenvalue weighted by molar-refractivity contribution is 5.92. The molecule has 31 heavy (non-hydrogen) atoms. The fourth-order valence-electron chi connectivity index (χ4n) is 4.06. The molecule has 3 aromatic carbocycles. The van der Waals surface area contributed by atoms with E-state index in [-0.39, 0.29) is 5.75 Å². The Labute approximate surface area is 177 Å². The fraction of sp³-hybridized carbons (Fsp3) is 0.0833. The number of aromatic nitrogens is 6. The van der Waals surface area contributed by atoms with Gasteiger partial charge in [-0.15, -0.1) is 5.10 Å². The first kappa shape index (κ1) is 17.6. The normalized spacial score (nSPS) is 11.7. The van der Waals surface area contributed by atoms with Crippen molar-refractivity contribution in [1.29, 1.82) is 0 Å². The molecule has 7 nitrogen and oxygen atoms in total. The molecule has 6 rings (SSSR count). The van der Waals surface area contributed by atoms with Gasteiger partial charge in [0.25, 0.3) is 0 Å². The van der Waals surface area contributed by atoms with Gasteiger partial charge in [0.2, 0.25) is 0 Å². The van der Waals surface area contributed by atoms with Crippen molar-refractivity contribution < 1.29 is 5.11 Å². The molecule has 0 saturated heterocycles. The topological polar surface area (TPSA) is 81.1 Å². The van der Waals surface area contributed by atoms with Crippen LogP contribution in [0.25, 0.3) is 44.5 Å². The number of hydrogen-bond acceptors (Lipinski definition) is 5. The average molecular weight is 406 g/mol. The minimum absolute atomic E-state index is 0.143. The quantitative estimate of drug-likeness (QED) is 0.454. The lowest BCUT2D eigenvalue weighted by Gasteiger charge is -2.07. The second kappa shape index (κ2) is 6.37. The van der Waals surface area contributed by atoms with Gasteiger partial charge in [-0.25, -0.2) is 19.2 Å².